The lowest BCUT2D eigenvalue weighted by Gasteiger charge is -2.11. The molecule has 0 saturated carbocycles. The summed E-state index contributed by atoms with van der Waals surface area (Å²) < 4.78 is 32.2. The number of hydrogen-bond donors (Lipinski definition) is 1. The SMILES string of the molecule is Cc1ccc(OCCNS(=O)(=O)c2cccc(Cl)c2)c(C)c1. The first-order valence-corrected chi connectivity index (χ1v) is 8.70. The molecular formula is C16H18ClNO3S. The summed E-state index contributed by atoms with van der Waals surface area (Å²) in [5.41, 5.74) is 2.18. The molecule has 0 unspecified atom stereocenters. The molecule has 22 heavy (non-hydrogen) atoms. The molecule has 6 heteroatoms. The van der Waals surface area contributed by atoms with E-state index in [0.29, 0.717) is 5.02 Å². The van der Waals surface area contributed by atoms with Crippen molar-refractivity contribution in [2.24, 2.45) is 0 Å². The van der Waals surface area contributed by atoms with Crippen molar-refractivity contribution >= 4 is 21.6 Å². The summed E-state index contributed by atoms with van der Waals surface area (Å²) in [6.45, 7) is 4.40. The van der Waals surface area contributed by atoms with E-state index in [1.165, 1.54) is 12.1 Å². The maximum absolute atomic E-state index is 12.1. The van der Waals surface area contributed by atoms with Gasteiger partial charge >= 0.3 is 0 Å². The van der Waals surface area contributed by atoms with Crippen molar-refractivity contribution in [2.45, 2.75) is 18.7 Å². The number of benzene rings is 2. The second kappa shape index (κ2) is 7.13. The molecule has 2 rings (SSSR count). The van der Waals surface area contributed by atoms with E-state index >= 15 is 0 Å². The van der Waals surface area contributed by atoms with E-state index in [1.807, 2.05) is 32.0 Å². The number of nitrogens with one attached hydrogen (secondary N) is 1. The van der Waals surface area contributed by atoms with Crippen LogP contribution in [0.25, 0.3) is 0 Å². The van der Waals surface area contributed by atoms with E-state index in [0.717, 1.165) is 16.9 Å². The number of aryl methyl sites for hydroxylation is 2. The monoisotopic (exact) mass is 339 g/mol. The molecule has 0 radical (unpaired) electrons. The van der Waals surface area contributed by atoms with Crippen LogP contribution < -0.4 is 9.46 Å². The molecule has 0 aliphatic heterocycles. The topological polar surface area (TPSA) is 55.4 Å². The lowest BCUT2D eigenvalue weighted by molar-refractivity contribution is 0.320. The molecule has 0 spiro atoms. The fourth-order valence-corrected chi connectivity index (χ4v) is 3.33. The first-order valence-electron chi connectivity index (χ1n) is 6.84. The van der Waals surface area contributed by atoms with Crippen LogP contribution in [-0.2, 0) is 10.0 Å². The second-order valence-corrected chi connectivity index (χ2v) is 7.18. The quantitative estimate of drug-likeness (QED) is 0.821. The molecule has 4 nitrogen and oxygen atoms in total. The Labute approximate surface area is 136 Å². The third kappa shape index (κ3) is 4.47. The van der Waals surface area contributed by atoms with Crippen LogP contribution in [0.1, 0.15) is 11.1 Å². The molecule has 0 heterocycles. The van der Waals surface area contributed by atoms with Crippen LogP contribution in [0.2, 0.25) is 5.02 Å². The predicted molar refractivity (Wildman–Crippen MR) is 88.1 cm³/mol. The molecule has 0 aliphatic rings. The van der Waals surface area contributed by atoms with E-state index in [9.17, 15) is 8.42 Å². The van der Waals surface area contributed by atoms with Gasteiger partial charge in [-0.1, -0.05) is 35.4 Å². The van der Waals surface area contributed by atoms with E-state index in [4.69, 9.17) is 16.3 Å². The first-order chi connectivity index (χ1) is 10.4. The summed E-state index contributed by atoms with van der Waals surface area (Å²) in [7, 11) is -3.57. The van der Waals surface area contributed by atoms with Crippen LogP contribution in [0.5, 0.6) is 5.75 Å². The van der Waals surface area contributed by atoms with Gasteiger partial charge in [0.1, 0.15) is 12.4 Å². The van der Waals surface area contributed by atoms with Crippen LogP contribution in [0.3, 0.4) is 0 Å². The van der Waals surface area contributed by atoms with Gasteiger partial charge in [0.05, 0.1) is 4.90 Å². The molecule has 2 aromatic carbocycles. The maximum Gasteiger partial charge on any atom is 0.240 e. The molecule has 0 aliphatic carbocycles. The number of hydrogen-bond acceptors (Lipinski definition) is 3. The molecule has 0 aromatic heterocycles. The molecule has 0 amide bonds. The van der Waals surface area contributed by atoms with Gasteiger partial charge in [0.2, 0.25) is 10.0 Å². The molecule has 1 N–H and O–H groups in total. The fourth-order valence-electron chi connectivity index (χ4n) is 2.02. The Kier molecular flexibility index (Phi) is 5.45. The van der Waals surface area contributed by atoms with Gasteiger partial charge in [0.25, 0.3) is 0 Å². The average molecular weight is 340 g/mol. The Balaban J connectivity index is 1.90. The van der Waals surface area contributed by atoms with E-state index < -0.39 is 10.0 Å². The van der Waals surface area contributed by atoms with Gasteiger partial charge in [-0.15, -0.1) is 0 Å². The van der Waals surface area contributed by atoms with Gasteiger partial charge in [-0.3, -0.25) is 0 Å². The molecular weight excluding hydrogens is 322 g/mol. The van der Waals surface area contributed by atoms with Crippen molar-refractivity contribution < 1.29 is 13.2 Å². The Morgan fingerprint density at radius 1 is 1.14 bits per heavy atom. The van der Waals surface area contributed by atoms with Crippen molar-refractivity contribution in [1.82, 2.24) is 4.72 Å². The van der Waals surface area contributed by atoms with Crippen molar-refractivity contribution in [3.8, 4) is 5.75 Å². The average Bonchev–Trinajstić information content (AvgIpc) is 2.45. The van der Waals surface area contributed by atoms with Crippen molar-refractivity contribution in [3.05, 3.63) is 58.6 Å². The zero-order chi connectivity index (χ0) is 16.2. The number of ether oxygens (including phenoxy) is 1. The van der Waals surface area contributed by atoms with Crippen LogP contribution in [0.15, 0.2) is 47.4 Å². The minimum absolute atomic E-state index is 0.145. The lowest BCUT2D eigenvalue weighted by Crippen LogP contribution is -2.28. The zero-order valence-corrected chi connectivity index (χ0v) is 14.0. The molecule has 0 bridgehead atoms. The van der Waals surface area contributed by atoms with Gasteiger partial charge in [-0.25, -0.2) is 13.1 Å². The summed E-state index contributed by atoms with van der Waals surface area (Å²) in [6, 6.07) is 12.0. The number of rotatable bonds is 6. The Morgan fingerprint density at radius 3 is 2.59 bits per heavy atom. The van der Waals surface area contributed by atoms with Crippen LogP contribution in [0, 0.1) is 13.8 Å². The number of sulfonamides is 1. The van der Waals surface area contributed by atoms with Gasteiger partial charge in [-0.2, -0.15) is 0 Å². The molecule has 2 aromatic rings. The first kappa shape index (κ1) is 16.8. The third-order valence-corrected chi connectivity index (χ3v) is 4.78. The van der Waals surface area contributed by atoms with E-state index in [1.54, 1.807) is 12.1 Å². The molecule has 0 fully saturated rings. The molecule has 0 saturated heterocycles. The minimum Gasteiger partial charge on any atom is -0.492 e. The highest BCUT2D eigenvalue weighted by molar-refractivity contribution is 7.89. The Hall–Kier alpha value is -1.56. The highest BCUT2D eigenvalue weighted by Crippen LogP contribution is 2.18. The van der Waals surface area contributed by atoms with Gasteiger partial charge < -0.3 is 4.74 Å². The van der Waals surface area contributed by atoms with Gasteiger partial charge in [0.15, 0.2) is 0 Å². The van der Waals surface area contributed by atoms with Crippen molar-refractivity contribution in [2.75, 3.05) is 13.2 Å². The Morgan fingerprint density at radius 2 is 1.91 bits per heavy atom. The van der Waals surface area contributed by atoms with Gasteiger partial charge in [0, 0.05) is 11.6 Å². The number of halogens is 1. The maximum atomic E-state index is 12.1. The zero-order valence-electron chi connectivity index (χ0n) is 12.5. The smallest absolute Gasteiger partial charge is 0.240 e. The fraction of sp³-hybridized carbons (Fsp3) is 0.250. The summed E-state index contributed by atoms with van der Waals surface area (Å²) in [5, 5.41) is 0.384. The highest BCUT2D eigenvalue weighted by atomic mass is 35.5. The van der Waals surface area contributed by atoms with Crippen molar-refractivity contribution in [3.63, 3.8) is 0 Å². The van der Waals surface area contributed by atoms with Gasteiger partial charge in [-0.05, 0) is 43.7 Å². The standard InChI is InChI=1S/C16H18ClNO3S/c1-12-6-7-16(13(2)10-12)21-9-8-18-22(19,20)15-5-3-4-14(17)11-15/h3-7,10-11,18H,8-9H2,1-2H3. The second-order valence-electron chi connectivity index (χ2n) is 4.97. The van der Waals surface area contributed by atoms with Crippen LogP contribution in [0.4, 0.5) is 0 Å². The van der Waals surface area contributed by atoms with E-state index in [2.05, 4.69) is 4.72 Å². The molecule has 118 valence electrons. The van der Waals surface area contributed by atoms with Crippen molar-refractivity contribution in [1.29, 1.82) is 0 Å². The third-order valence-electron chi connectivity index (χ3n) is 3.09. The predicted octanol–water partition coefficient (Wildman–Crippen LogP) is 3.31. The summed E-state index contributed by atoms with van der Waals surface area (Å²) in [4.78, 5) is 0.145. The molecule has 0 atom stereocenters. The van der Waals surface area contributed by atoms with Crippen LogP contribution in [-0.4, -0.2) is 21.6 Å². The summed E-state index contributed by atoms with van der Waals surface area (Å²) in [5.74, 6) is 0.757. The summed E-state index contributed by atoms with van der Waals surface area (Å²) >= 11 is 5.81. The minimum atomic E-state index is -3.57. The van der Waals surface area contributed by atoms with E-state index in [-0.39, 0.29) is 18.0 Å². The summed E-state index contributed by atoms with van der Waals surface area (Å²) in [6.07, 6.45) is 0. The normalized spacial score (nSPS) is 11.4. The highest BCUT2D eigenvalue weighted by Gasteiger charge is 2.13. The largest absolute Gasteiger partial charge is 0.492 e. The Bertz CT molecular complexity index is 760. The van der Waals surface area contributed by atoms with Crippen LogP contribution >= 0.6 is 11.6 Å². The lowest BCUT2D eigenvalue weighted by atomic mass is 10.1.